The number of fused-ring (bicyclic) bond motifs is 1. The van der Waals surface area contributed by atoms with Gasteiger partial charge in [0.1, 0.15) is 11.5 Å². The molecule has 0 saturated carbocycles. The molecule has 1 heterocycles. The summed E-state index contributed by atoms with van der Waals surface area (Å²) in [6.07, 6.45) is -0.559. The number of hydrogen-bond donors (Lipinski definition) is 0. The molecule has 0 bridgehead atoms. The molecule has 0 amide bonds. The van der Waals surface area contributed by atoms with E-state index in [2.05, 4.69) is 9.47 Å². The molecule has 1 atom stereocenters. The first kappa shape index (κ1) is 18.7. The highest BCUT2D eigenvalue weighted by atomic mass is 35.5. The summed E-state index contributed by atoms with van der Waals surface area (Å²) in [5.41, 5.74) is 0.888. The lowest BCUT2D eigenvalue weighted by Gasteiger charge is -2.12. The van der Waals surface area contributed by atoms with Gasteiger partial charge >= 0.3 is 17.9 Å². The van der Waals surface area contributed by atoms with E-state index in [1.165, 1.54) is 32.4 Å². The molecule has 0 aliphatic carbocycles. The molecule has 0 aromatic heterocycles. The van der Waals surface area contributed by atoms with Crippen molar-refractivity contribution >= 4 is 29.5 Å². The van der Waals surface area contributed by atoms with E-state index in [0.29, 0.717) is 17.2 Å². The van der Waals surface area contributed by atoms with Crippen LogP contribution in [0, 0.1) is 0 Å². The Kier molecular flexibility index (Phi) is 5.32. The van der Waals surface area contributed by atoms with E-state index in [1.54, 1.807) is 18.2 Å². The first-order chi connectivity index (χ1) is 12.9. The molecule has 27 heavy (non-hydrogen) atoms. The average Bonchev–Trinajstić information content (AvgIpc) is 3.09. The van der Waals surface area contributed by atoms with Crippen LogP contribution >= 0.6 is 11.6 Å². The molecule has 0 spiro atoms. The fourth-order valence-electron chi connectivity index (χ4n) is 2.66. The summed E-state index contributed by atoms with van der Waals surface area (Å²) < 4.78 is 20.2. The van der Waals surface area contributed by atoms with Gasteiger partial charge in [-0.15, -0.1) is 0 Å². The zero-order valence-electron chi connectivity index (χ0n) is 14.5. The van der Waals surface area contributed by atoms with Gasteiger partial charge in [0.05, 0.1) is 25.3 Å². The highest BCUT2D eigenvalue weighted by molar-refractivity contribution is 6.30. The molecule has 2 aromatic carbocycles. The van der Waals surface area contributed by atoms with E-state index in [4.69, 9.17) is 21.1 Å². The van der Waals surface area contributed by atoms with Crippen molar-refractivity contribution in [3.05, 3.63) is 58.1 Å². The molecule has 0 N–H and O–H groups in total. The molecule has 0 unspecified atom stereocenters. The lowest BCUT2D eigenvalue weighted by atomic mass is 10.1. The molecule has 3 rings (SSSR count). The zero-order valence-corrected chi connectivity index (χ0v) is 15.2. The zero-order chi connectivity index (χ0) is 19.6. The summed E-state index contributed by atoms with van der Waals surface area (Å²) in [6, 6.07) is 8.95. The highest BCUT2D eigenvalue weighted by Crippen LogP contribution is 2.32. The summed E-state index contributed by atoms with van der Waals surface area (Å²) >= 11 is 5.94. The van der Waals surface area contributed by atoms with Crippen molar-refractivity contribution in [2.24, 2.45) is 0 Å². The van der Waals surface area contributed by atoms with Crippen molar-refractivity contribution in [2.45, 2.75) is 12.5 Å². The van der Waals surface area contributed by atoms with Gasteiger partial charge < -0.3 is 18.9 Å². The second-order valence-electron chi connectivity index (χ2n) is 5.71. The summed E-state index contributed by atoms with van der Waals surface area (Å²) in [5.74, 6) is -1.48. The lowest BCUT2D eigenvalue weighted by Crippen LogP contribution is -2.29. The molecule has 0 fully saturated rings. The molecule has 0 radical (unpaired) electrons. The maximum Gasteiger partial charge on any atom is 0.353 e. The van der Waals surface area contributed by atoms with E-state index in [-0.39, 0.29) is 16.9 Å². The number of ether oxygens (including phenoxy) is 4. The highest BCUT2D eigenvalue weighted by Gasteiger charge is 2.31. The van der Waals surface area contributed by atoms with Crippen molar-refractivity contribution in [1.29, 1.82) is 0 Å². The minimum atomic E-state index is -0.859. The first-order valence-electron chi connectivity index (χ1n) is 7.89. The maximum absolute atomic E-state index is 12.5. The lowest BCUT2D eigenvalue weighted by molar-refractivity contribution is -0.141. The largest absolute Gasteiger partial charge is 0.478 e. The predicted octanol–water partition coefficient (Wildman–Crippen LogP) is 2.82. The molecule has 7 nitrogen and oxygen atoms in total. The Morgan fingerprint density at radius 3 is 2.22 bits per heavy atom. The first-order valence-corrected chi connectivity index (χ1v) is 8.27. The van der Waals surface area contributed by atoms with E-state index in [9.17, 15) is 14.4 Å². The van der Waals surface area contributed by atoms with Crippen LogP contribution in [0.15, 0.2) is 36.4 Å². The minimum absolute atomic E-state index is 0.000823. The van der Waals surface area contributed by atoms with Crippen LogP contribution in [0.3, 0.4) is 0 Å². The normalized spacial score (nSPS) is 14.7. The van der Waals surface area contributed by atoms with Crippen LogP contribution in [0.1, 0.15) is 26.3 Å². The molecule has 140 valence electrons. The number of carbonyl (C=O) groups is 3. The van der Waals surface area contributed by atoms with Crippen LogP contribution in [-0.2, 0) is 20.7 Å². The van der Waals surface area contributed by atoms with Crippen molar-refractivity contribution in [1.82, 2.24) is 0 Å². The van der Waals surface area contributed by atoms with E-state index >= 15 is 0 Å². The van der Waals surface area contributed by atoms with Crippen molar-refractivity contribution in [3.8, 4) is 11.5 Å². The average molecular weight is 391 g/mol. The third kappa shape index (κ3) is 4.03. The standard InChI is InChI=1S/C19H15ClO7/c1-24-17(21)11-5-12(18(22)25-2)8-14(7-11)26-19(23)16-9-10-6-13(20)3-4-15(10)27-16/h3-8,16H,9H2,1-2H3/t16-/m1/s1. The number of rotatable bonds is 4. The molecule has 8 heteroatoms. The number of benzene rings is 2. The summed E-state index contributed by atoms with van der Waals surface area (Å²) in [7, 11) is 2.40. The summed E-state index contributed by atoms with van der Waals surface area (Å²) in [4.78, 5) is 36.1. The number of methoxy groups -OCH3 is 2. The van der Waals surface area contributed by atoms with E-state index in [0.717, 1.165) is 5.56 Å². The third-order valence-corrected chi connectivity index (χ3v) is 4.16. The van der Waals surface area contributed by atoms with Crippen LogP contribution in [0.4, 0.5) is 0 Å². The van der Waals surface area contributed by atoms with Crippen LogP contribution in [-0.4, -0.2) is 38.2 Å². The summed E-state index contributed by atoms with van der Waals surface area (Å²) in [5, 5.41) is 0.542. The Labute approximate surface area is 159 Å². The molecule has 2 aromatic rings. The van der Waals surface area contributed by atoms with Gasteiger partial charge in [-0.05, 0) is 42.0 Å². The number of halogens is 1. The topological polar surface area (TPSA) is 88.1 Å². The van der Waals surface area contributed by atoms with Crippen molar-refractivity contribution in [2.75, 3.05) is 14.2 Å². The Balaban J connectivity index is 1.81. The molecule has 1 aliphatic rings. The van der Waals surface area contributed by atoms with Gasteiger partial charge in [-0.2, -0.15) is 0 Å². The van der Waals surface area contributed by atoms with E-state index in [1.807, 2.05) is 0 Å². The Morgan fingerprint density at radius 1 is 1.00 bits per heavy atom. The van der Waals surface area contributed by atoms with Gasteiger partial charge in [0.2, 0.25) is 0 Å². The number of esters is 3. The van der Waals surface area contributed by atoms with Crippen LogP contribution < -0.4 is 9.47 Å². The number of carbonyl (C=O) groups excluding carboxylic acids is 3. The monoisotopic (exact) mass is 390 g/mol. The van der Waals surface area contributed by atoms with Crippen LogP contribution in [0.2, 0.25) is 5.02 Å². The maximum atomic E-state index is 12.5. The van der Waals surface area contributed by atoms with Gasteiger partial charge in [0.15, 0.2) is 6.10 Å². The van der Waals surface area contributed by atoms with Gasteiger partial charge in [-0.3, -0.25) is 0 Å². The van der Waals surface area contributed by atoms with Gasteiger partial charge in [0.25, 0.3) is 0 Å². The van der Waals surface area contributed by atoms with Crippen molar-refractivity contribution < 1.29 is 33.3 Å². The predicted molar refractivity (Wildman–Crippen MR) is 94.3 cm³/mol. The van der Waals surface area contributed by atoms with Gasteiger partial charge in [-0.1, -0.05) is 11.6 Å². The van der Waals surface area contributed by atoms with Gasteiger partial charge in [0, 0.05) is 11.4 Å². The minimum Gasteiger partial charge on any atom is -0.478 e. The molecule has 0 saturated heterocycles. The second kappa shape index (κ2) is 7.67. The van der Waals surface area contributed by atoms with Gasteiger partial charge in [-0.25, -0.2) is 14.4 Å². The molecule has 1 aliphatic heterocycles. The molecular weight excluding hydrogens is 376 g/mol. The Morgan fingerprint density at radius 2 is 1.63 bits per heavy atom. The fourth-order valence-corrected chi connectivity index (χ4v) is 2.85. The smallest absolute Gasteiger partial charge is 0.353 e. The Bertz CT molecular complexity index is 888. The fraction of sp³-hybridized carbons (Fsp3) is 0.211. The SMILES string of the molecule is COC(=O)c1cc(OC(=O)[C@H]2Cc3cc(Cl)ccc3O2)cc(C(=O)OC)c1. The van der Waals surface area contributed by atoms with Crippen LogP contribution in [0.25, 0.3) is 0 Å². The number of hydrogen-bond acceptors (Lipinski definition) is 7. The Hall–Kier alpha value is -3.06. The van der Waals surface area contributed by atoms with Crippen molar-refractivity contribution in [3.63, 3.8) is 0 Å². The second-order valence-corrected chi connectivity index (χ2v) is 6.15. The molecular formula is C19H15ClO7. The third-order valence-electron chi connectivity index (χ3n) is 3.93. The quantitative estimate of drug-likeness (QED) is 0.585. The summed E-state index contributed by atoms with van der Waals surface area (Å²) in [6.45, 7) is 0. The van der Waals surface area contributed by atoms with Crippen LogP contribution in [0.5, 0.6) is 11.5 Å². The van der Waals surface area contributed by atoms with E-state index < -0.39 is 24.0 Å².